The third-order valence-electron chi connectivity index (χ3n) is 6.93. The van der Waals surface area contributed by atoms with Gasteiger partial charge in [0.1, 0.15) is 17.8 Å². The monoisotopic (exact) mass is 612 g/mol. The number of thiazole rings is 1. The summed E-state index contributed by atoms with van der Waals surface area (Å²) < 4.78 is 33.8. The minimum atomic E-state index is -4.97. The van der Waals surface area contributed by atoms with Gasteiger partial charge in [0.2, 0.25) is 5.60 Å². The fourth-order valence-electron chi connectivity index (χ4n) is 4.49. The lowest BCUT2D eigenvalue weighted by molar-refractivity contribution is -0.153. The van der Waals surface area contributed by atoms with Crippen molar-refractivity contribution in [3.05, 3.63) is 23.0 Å². The summed E-state index contributed by atoms with van der Waals surface area (Å²) in [6, 6.07) is -2.39. The second kappa shape index (κ2) is 11.3. The maximum Gasteiger partial charge on any atom is 0.362 e. The molecule has 1 aliphatic carbocycles. The van der Waals surface area contributed by atoms with E-state index in [0.717, 1.165) is 42.1 Å². The number of aliphatic carboxylic acids is 1. The van der Waals surface area contributed by atoms with Crippen LogP contribution < -0.4 is 21.7 Å². The number of carboxylic acid groups (broad SMARTS) is 1. The van der Waals surface area contributed by atoms with Crippen LogP contribution >= 0.6 is 11.3 Å². The first-order valence-corrected chi connectivity index (χ1v) is 14.9. The van der Waals surface area contributed by atoms with Crippen LogP contribution in [0.4, 0.5) is 5.13 Å². The molecule has 3 fully saturated rings. The highest BCUT2D eigenvalue weighted by molar-refractivity contribution is 7.84. The first-order valence-electron chi connectivity index (χ1n) is 12.6. The van der Waals surface area contributed by atoms with Crippen LogP contribution in [0, 0.1) is 0 Å². The number of nitrogens with two attached hydrogens (primary N) is 1. The Kier molecular flexibility index (Phi) is 7.92. The molecular weight excluding hydrogens is 584 g/mol. The number of aromatic nitrogens is 4. The van der Waals surface area contributed by atoms with Crippen molar-refractivity contribution in [1.29, 1.82) is 0 Å². The van der Waals surface area contributed by atoms with Gasteiger partial charge in [0, 0.05) is 30.8 Å². The zero-order chi connectivity index (χ0) is 29.4. The Morgan fingerprint density at radius 3 is 2.66 bits per heavy atom. The number of piperidine rings is 1. The van der Waals surface area contributed by atoms with Gasteiger partial charge in [-0.1, -0.05) is 5.16 Å². The summed E-state index contributed by atoms with van der Waals surface area (Å²) in [7, 11) is -4.97. The molecule has 0 aromatic carbocycles. The van der Waals surface area contributed by atoms with Gasteiger partial charge >= 0.3 is 16.3 Å². The maximum absolute atomic E-state index is 13.2. The molecule has 0 bridgehead atoms. The molecule has 1 saturated carbocycles. The van der Waals surface area contributed by atoms with E-state index >= 15 is 0 Å². The van der Waals surface area contributed by atoms with Gasteiger partial charge in [0.25, 0.3) is 11.8 Å². The topological polar surface area (TPSA) is 256 Å². The number of nitrogens with zero attached hydrogens (tertiary/aromatic N) is 6. The molecule has 41 heavy (non-hydrogen) atoms. The lowest BCUT2D eigenvalue weighted by atomic mass is 9.98. The molecular formula is C21H28N10O8S2. The largest absolute Gasteiger partial charge is 0.478 e. The van der Waals surface area contributed by atoms with Crippen molar-refractivity contribution in [3.63, 3.8) is 0 Å². The van der Waals surface area contributed by atoms with Crippen LogP contribution in [0.25, 0.3) is 0 Å². The lowest BCUT2D eigenvalue weighted by Gasteiger charge is -2.43. The van der Waals surface area contributed by atoms with Gasteiger partial charge in [-0.2, -0.15) is 23.4 Å². The fourth-order valence-corrected chi connectivity index (χ4v) is 5.91. The molecule has 0 spiro atoms. The number of nitrogens with one attached hydrogen (secondary N) is 3. The number of amides is 2. The van der Waals surface area contributed by atoms with Gasteiger partial charge in [0.05, 0.1) is 18.4 Å². The Hall–Kier alpha value is -3.72. The first-order chi connectivity index (χ1) is 19.5. The highest BCUT2D eigenvalue weighted by Crippen LogP contribution is 2.40. The number of anilines is 1. The number of oxime groups is 1. The second-order valence-electron chi connectivity index (χ2n) is 9.83. The van der Waals surface area contributed by atoms with Crippen molar-refractivity contribution in [3.8, 4) is 0 Å². The minimum absolute atomic E-state index is 0.0409. The van der Waals surface area contributed by atoms with Crippen molar-refractivity contribution in [2.45, 2.75) is 62.5 Å². The smallest absolute Gasteiger partial charge is 0.362 e. The molecule has 2 amide bonds. The number of carboxylic acids is 1. The number of hydrogen-bond donors (Lipinski definition) is 6. The van der Waals surface area contributed by atoms with E-state index in [2.05, 4.69) is 36.3 Å². The molecule has 2 saturated heterocycles. The molecule has 4 heterocycles. The van der Waals surface area contributed by atoms with Crippen LogP contribution in [0.3, 0.4) is 0 Å². The molecule has 7 N–H and O–H groups in total. The average Bonchev–Trinajstić information content (AvgIpc) is 3.39. The SMILES string of the molecule is Nc1nc(/C(=N/OC2(C(=O)O)CC2)C(=O)N[C@@H]2C(=O)N(S(=O)(=O)O)[C@@H]2Cn2ncc(CNC3CCNCC3)n2)cs1. The number of nitrogen functional groups attached to an aromatic ring is 1. The van der Waals surface area contributed by atoms with E-state index in [1.165, 1.54) is 11.6 Å². The third kappa shape index (κ3) is 6.30. The normalized spacial score (nSPS) is 22.7. The maximum atomic E-state index is 13.2. The van der Waals surface area contributed by atoms with Crippen molar-refractivity contribution in [2.24, 2.45) is 5.16 Å². The molecule has 2 aliphatic heterocycles. The summed E-state index contributed by atoms with van der Waals surface area (Å²) in [6.07, 6.45) is 3.77. The summed E-state index contributed by atoms with van der Waals surface area (Å²) in [5, 5.41) is 32.0. The van der Waals surface area contributed by atoms with E-state index in [0.29, 0.717) is 18.3 Å². The molecule has 222 valence electrons. The van der Waals surface area contributed by atoms with Crippen molar-refractivity contribution < 1.29 is 37.3 Å². The highest BCUT2D eigenvalue weighted by atomic mass is 32.2. The Bertz CT molecular complexity index is 1460. The third-order valence-corrected chi connectivity index (χ3v) is 8.56. The van der Waals surface area contributed by atoms with E-state index in [4.69, 9.17) is 10.6 Å². The predicted molar refractivity (Wildman–Crippen MR) is 141 cm³/mol. The Balaban J connectivity index is 1.30. The summed E-state index contributed by atoms with van der Waals surface area (Å²) in [6.45, 7) is 1.96. The Labute approximate surface area is 237 Å². The van der Waals surface area contributed by atoms with E-state index < -0.39 is 51.5 Å². The molecule has 5 rings (SSSR count). The molecule has 20 heteroatoms. The number of carbonyl (C=O) groups is 3. The summed E-state index contributed by atoms with van der Waals surface area (Å²) in [4.78, 5) is 47.7. The van der Waals surface area contributed by atoms with Gasteiger partial charge in [-0.15, -0.1) is 11.3 Å². The summed E-state index contributed by atoms with van der Waals surface area (Å²) >= 11 is 0.984. The quantitative estimate of drug-likeness (QED) is 0.0637. The molecule has 3 aliphatic rings. The van der Waals surface area contributed by atoms with Crippen LogP contribution in [0.5, 0.6) is 0 Å². The van der Waals surface area contributed by atoms with Crippen molar-refractivity contribution in [1.82, 2.24) is 40.2 Å². The van der Waals surface area contributed by atoms with Gasteiger partial charge in [0.15, 0.2) is 10.8 Å². The lowest BCUT2D eigenvalue weighted by Crippen LogP contribution is -2.73. The molecule has 2 aromatic rings. The van der Waals surface area contributed by atoms with Gasteiger partial charge < -0.3 is 31.6 Å². The van der Waals surface area contributed by atoms with Crippen LogP contribution in [0.15, 0.2) is 16.7 Å². The molecule has 2 aromatic heterocycles. The fraction of sp³-hybridized carbons (Fsp3) is 0.571. The van der Waals surface area contributed by atoms with Gasteiger partial charge in [-0.3, -0.25) is 14.1 Å². The van der Waals surface area contributed by atoms with Crippen LogP contribution in [0.1, 0.15) is 37.1 Å². The average molecular weight is 613 g/mol. The Morgan fingerprint density at radius 1 is 1.32 bits per heavy atom. The highest BCUT2D eigenvalue weighted by Gasteiger charge is 2.56. The summed E-state index contributed by atoms with van der Waals surface area (Å²) in [5.41, 5.74) is 4.16. The van der Waals surface area contributed by atoms with E-state index in [1.54, 1.807) is 0 Å². The molecule has 0 unspecified atom stereocenters. The standard InChI is InChI=1S/C21H28N10O8S2/c22-20-26-13(10-40-20)15(29-39-21(3-4-21)19(34)35)17(32)27-16-14(31(18(16)33)41(36,37)38)9-30-25-8-12(28-30)7-24-11-1-5-23-6-2-11/h8,10-11,14,16,23-24H,1-7,9H2,(H2,22,26)(H,27,32)(H,34,35)(H,36,37,38)/b29-15-/t14-,16+/m1/s1. The minimum Gasteiger partial charge on any atom is -0.478 e. The van der Waals surface area contributed by atoms with Gasteiger partial charge in [-0.05, 0) is 25.9 Å². The molecule has 0 radical (unpaired) electrons. The van der Waals surface area contributed by atoms with Crippen molar-refractivity contribution >= 4 is 50.3 Å². The number of hydrogen-bond acceptors (Lipinski definition) is 14. The Morgan fingerprint density at radius 2 is 2.05 bits per heavy atom. The second-order valence-corrected chi connectivity index (χ2v) is 12.0. The predicted octanol–water partition coefficient (Wildman–Crippen LogP) is -2.31. The van der Waals surface area contributed by atoms with Gasteiger partial charge in [-0.25, -0.2) is 14.1 Å². The summed E-state index contributed by atoms with van der Waals surface area (Å²) in [5.74, 6) is -3.36. The number of rotatable bonds is 12. The molecule has 18 nitrogen and oxygen atoms in total. The first kappa shape index (κ1) is 28.8. The van der Waals surface area contributed by atoms with Crippen LogP contribution in [-0.2, 0) is 42.6 Å². The van der Waals surface area contributed by atoms with E-state index in [1.807, 2.05) is 0 Å². The van der Waals surface area contributed by atoms with Crippen molar-refractivity contribution in [2.75, 3.05) is 18.8 Å². The van der Waals surface area contributed by atoms with Crippen LogP contribution in [-0.4, -0.2) is 103 Å². The zero-order valence-electron chi connectivity index (χ0n) is 21.5. The van der Waals surface area contributed by atoms with E-state index in [9.17, 15) is 32.5 Å². The van der Waals surface area contributed by atoms with Crippen LogP contribution in [0.2, 0.25) is 0 Å². The van der Waals surface area contributed by atoms with E-state index in [-0.39, 0.29) is 34.5 Å². The zero-order valence-corrected chi connectivity index (χ0v) is 23.1. The molecule has 2 atom stereocenters. The number of carbonyl (C=O) groups excluding carboxylic acids is 2. The number of β-lactam (4-membered cyclic amide) rings is 1.